The monoisotopic (exact) mass is 348 g/mol. The molecule has 1 unspecified atom stereocenters. The molecule has 0 saturated carbocycles. The summed E-state index contributed by atoms with van der Waals surface area (Å²) in [7, 11) is 1.61. The van der Waals surface area contributed by atoms with Crippen LogP contribution in [0.2, 0.25) is 10.2 Å². The van der Waals surface area contributed by atoms with Gasteiger partial charge in [-0.1, -0.05) is 23.2 Å². The van der Waals surface area contributed by atoms with E-state index in [4.69, 9.17) is 33.7 Å². The summed E-state index contributed by atoms with van der Waals surface area (Å²) in [4.78, 5) is 0. The molecule has 116 valence electrons. The second kappa shape index (κ2) is 5.16. The lowest BCUT2D eigenvalue weighted by atomic mass is 10.2. The predicted molar refractivity (Wildman–Crippen MR) is 86.4 cm³/mol. The Morgan fingerprint density at radius 1 is 1.17 bits per heavy atom. The molecule has 0 amide bonds. The van der Waals surface area contributed by atoms with Crippen LogP contribution in [-0.2, 0) is 0 Å². The molecule has 23 heavy (non-hydrogen) atoms. The van der Waals surface area contributed by atoms with Crippen LogP contribution in [0.1, 0.15) is 11.7 Å². The summed E-state index contributed by atoms with van der Waals surface area (Å²) in [5.74, 6) is 1.30. The maximum absolute atomic E-state index is 6.51. The molecule has 1 aliphatic rings. The fourth-order valence-corrected chi connectivity index (χ4v) is 3.14. The van der Waals surface area contributed by atoms with Crippen LogP contribution in [0.4, 0.5) is 5.69 Å². The van der Waals surface area contributed by atoms with Gasteiger partial charge < -0.3 is 10.5 Å². The number of halogens is 2. The van der Waals surface area contributed by atoms with Crippen molar-refractivity contribution in [2.24, 2.45) is 16.0 Å². The molecule has 3 heterocycles. The van der Waals surface area contributed by atoms with Crippen molar-refractivity contribution in [1.82, 2.24) is 14.6 Å². The molecule has 0 radical (unpaired) electrons. The summed E-state index contributed by atoms with van der Waals surface area (Å²) in [5, 5.41) is 16.9. The molecule has 1 aliphatic heterocycles. The molecule has 2 aromatic heterocycles. The lowest BCUT2D eigenvalue weighted by Crippen LogP contribution is -2.07. The van der Waals surface area contributed by atoms with Gasteiger partial charge in [0.1, 0.15) is 27.8 Å². The Kier molecular flexibility index (Phi) is 3.22. The van der Waals surface area contributed by atoms with E-state index in [-0.39, 0.29) is 0 Å². The lowest BCUT2D eigenvalue weighted by molar-refractivity contribution is 0.415. The van der Waals surface area contributed by atoms with Crippen molar-refractivity contribution < 1.29 is 4.74 Å². The van der Waals surface area contributed by atoms with Gasteiger partial charge in [-0.2, -0.15) is 10.2 Å². The molecule has 0 saturated heterocycles. The van der Waals surface area contributed by atoms with Gasteiger partial charge in [0.15, 0.2) is 11.5 Å². The van der Waals surface area contributed by atoms with Crippen molar-refractivity contribution in [2.45, 2.75) is 6.17 Å². The van der Waals surface area contributed by atoms with E-state index >= 15 is 0 Å². The lowest BCUT2D eigenvalue weighted by Gasteiger charge is -2.10. The van der Waals surface area contributed by atoms with Gasteiger partial charge in [-0.05, 0) is 24.3 Å². The van der Waals surface area contributed by atoms with E-state index in [1.165, 1.54) is 0 Å². The van der Waals surface area contributed by atoms with Crippen molar-refractivity contribution in [1.29, 1.82) is 0 Å². The van der Waals surface area contributed by atoms with Crippen LogP contribution in [0.25, 0.3) is 17.0 Å². The van der Waals surface area contributed by atoms with Crippen LogP contribution in [0.3, 0.4) is 0 Å². The minimum atomic E-state index is -0.648. The van der Waals surface area contributed by atoms with Crippen molar-refractivity contribution in [3.8, 4) is 17.1 Å². The van der Waals surface area contributed by atoms with E-state index in [0.717, 1.165) is 11.3 Å². The molecular weight excluding hydrogens is 339 g/mol. The summed E-state index contributed by atoms with van der Waals surface area (Å²) < 4.78 is 6.81. The van der Waals surface area contributed by atoms with Crippen molar-refractivity contribution in [3.63, 3.8) is 0 Å². The summed E-state index contributed by atoms with van der Waals surface area (Å²) in [5.41, 5.74) is 8.17. The number of methoxy groups -OCH3 is 1. The summed E-state index contributed by atoms with van der Waals surface area (Å²) >= 11 is 12.9. The SMILES string of the molecule is COc1ccc(-c2nnc3c(Cl)c4c(c(Cl)n23)C(N)N=N4)cc1. The number of nitrogens with zero attached hydrogens (tertiary/aromatic N) is 5. The Labute approximate surface area is 140 Å². The van der Waals surface area contributed by atoms with Crippen molar-refractivity contribution >= 4 is 34.5 Å². The molecule has 3 aromatic rings. The number of pyridine rings is 1. The Morgan fingerprint density at radius 2 is 1.91 bits per heavy atom. The molecule has 0 aliphatic carbocycles. The number of azo groups is 1. The topological polar surface area (TPSA) is 90.2 Å². The van der Waals surface area contributed by atoms with E-state index in [9.17, 15) is 0 Å². The number of hydrogen-bond donors (Lipinski definition) is 1. The fraction of sp³-hybridized carbons (Fsp3) is 0.143. The zero-order valence-corrected chi connectivity index (χ0v) is 13.4. The minimum Gasteiger partial charge on any atom is -0.497 e. The molecule has 0 bridgehead atoms. The second-order valence-corrected chi connectivity index (χ2v) is 5.67. The molecular formula is C14H10Cl2N6O. The molecule has 2 N–H and O–H groups in total. The number of benzene rings is 1. The zero-order chi connectivity index (χ0) is 16.1. The van der Waals surface area contributed by atoms with E-state index in [0.29, 0.717) is 32.9 Å². The quantitative estimate of drug-likeness (QED) is 0.713. The van der Waals surface area contributed by atoms with Gasteiger partial charge in [0.05, 0.1) is 12.7 Å². The zero-order valence-electron chi connectivity index (χ0n) is 11.9. The van der Waals surface area contributed by atoms with Crippen LogP contribution in [0.15, 0.2) is 34.5 Å². The number of aromatic nitrogens is 3. The molecule has 1 atom stereocenters. The van der Waals surface area contributed by atoms with Gasteiger partial charge in [0, 0.05) is 5.56 Å². The first-order valence-electron chi connectivity index (χ1n) is 6.68. The first-order chi connectivity index (χ1) is 11.1. The molecule has 0 fully saturated rings. The van der Waals surface area contributed by atoms with Gasteiger partial charge in [-0.25, -0.2) is 0 Å². The maximum atomic E-state index is 6.51. The Bertz CT molecular complexity index is 950. The number of fused-ring (bicyclic) bond motifs is 2. The normalized spacial score (nSPS) is 16.1. The fourth-order valence-electron chi connectivity index (χ4n) is 2.52. The number of hydrogen-bond acceptors (Lipinski definition) is 6. The smallest absolute Gasteiger partial charge is 0.183 e. The average molecular weight is 349 g/mol. The standard InChI is InChI=1S/C14H10Cl2N6O/c1-23-7-4-2-6(3-5-7)13-20-21-14-9(15)10-8(11(16)22(13)14)12(17)19-18-10/h2-5,12H,17H2,1H3. The van der Waals surface area contributed by atoms with E-state index in [1.807, 2.05) is 24.3 Å². The Balaban J connectivity index is 1.99. The third kappa shape index (κ3) is 2.01. The first-order valence-corrected chi connectivity index (χ1v) is 7.44. The maximum Gasteiger partial charge on any atom is 0.183 e. The highest BCUT2D eigenvalue weighted by atomic mass is 35.5. The molecule has 7 nitrogen and oxygen atoms in total. The molecule has 4 rings (SSSR count). The van der Waals surface area contributed by atoms with E-state index in [2.05, 4.69) is 20.4 Å². The van der Waals surface area contributed by atoms with Crippen LogP contribution in [0, 0.1) is 0 Å². The van der Waals surface area contributed by atoms with Gasteiger partial charge in [-0.15, -0.1) is 10.2 Å². The highest BCUT2D eigenvalue weighted by Crippen LogP contribution is 2.45. The highest BCUT2D eigenvalue weighted by molar-refractivity contribution is 6.38. The summed E-state index contributed by atoms with van der Waals surface area (Å²) in [6.45, 7) is 0. The number of rotatable bonds is 2. The summed E-state index contributed by atoms with van der Waals surface area (Å²) in [6.07, 6.45) is -0.648. The van der Waals surface area contributed by atoms with Gasteiger partial charge in [0.25, 0.3) is 0 Å². The van der Waals surface area contributed by atoms with Crippen LogP contribution in [0.5, 0.6) is 5.75 Å². The second-order valence-electron chi connectivity index (χ2n) is 4.94. The third-order valence-electron chi connectivity index (χ3n) is 3.67. The number of ether oxygens (including phenoxy) is 1. The van der Waals surface area contributed by atoms with Gasteiger partial charge >= 0.3 is 0 Å². The van der Waals surface area contributed by atoms with Crippen LogP contribution >= 0.6 is 23.2 Å². The molecule has 1 aromatic carbocycles. The predicted octanol–water partition coefficient (Wildman–Crippen LogP) is 3.77. The van der Waals surface area contributed by atoms with E-state index < -0.39 is 6.17 Å². The Morgan fingerprint density at radius 3 is 2.61 bits per heavy atom. The highest BCUT2D eigenvalue weighted by Gasteiger charge is 2.29. The first kappa shape index (κ1) is 14.4. The number of nitrogens with two attached hydrogens (primary N) is 1. The van der Waals surface area contributed by atoms with Crippen molar-refractivity contribution in [2.75, 3.05) is 7.11 Å². The third-order valence-corrected chi connectivity index (χ3v) is 4.39. The largest absolute Gasteiger partial charge is 0.497 e. The van der Waals surface area contributed by atoms with Crippen molar-refractivity contribution in [3.05, 3.63) is 40.0 Å². The summed E-state index contributed by atoms with van der Waals surface area (Å²) in [6, 6.07) is 7.38. The van der Waals surface area contributed by atoms with Gasteiger partial charge in [-0.3, -0.25) is 4.40 Å². The van der Waals surface area contributed by atoms with E-state index in [1.54, 1.807) is 11.5 Å². The minimum absolute atomic E-state index is 0.327. The van der Waals surface area contributed by atoms with Crippen LogP contribution < -0.4 is 10.5 Å². The Hall–Kier alpha value is -2.22. The average Bonchev–Trinajstić information content (AvgIpc) is 3.17. The molecule has 9 heteroatoms. The van der Waals surface area contributed by atoms with Gasteiger partial charge in [0.2, 0.25) is 0 Å². The van der Waals surface area contributed by atoms with Crippen LogP contribution in [-0.4, -0.2) is 21.7 Å². The molecule has 0 spiro atoms.